The number of fused-ring (bicyclic) bond motifs is 1. The van der Waals surface area contributed by atoms with Crippen LogP contribution in [0.3, 0.4) is 0 Å². The Morgan fingerprint density at radius 3 is 2.85 bits per heavy atom. The van der Waals surface area contributed by atoms with Crippen LogP contribution in [0, 0.1) is 22.7 Å². The fraction of sp³-hybridized carbons (Fsp3) is 0.611. The number of hydrogen-bond donors (Lipinski definition) is 1. The maximum Gasteiger partial charge on any atom is 0.0672 e. The normalized spacial score (nSPS) is 31.6. The molecule has 0 aromatic heterocycles. The summed E-state index contributed by atoms with van der Waals surface area (Å²) in [7, 11) is 0. The van der Waals surface area contributed by atoms with Crippen molar-refractivity contribution in [2.24, 2.45) is 11.3 Å². The first-order valence-corrected chi connectivity index (χ1v) is 7.85. The predicted molar refractivity (Wildman–Crippen MR) is 81.2 cm³/mol. The Kier molecular flexibility index (Phi) is 3.56. The second-order valence-electron chi connectivity index (χ2n) is 7.06. The molecule has 2 aliphatic rings. The van der Waals surface area contributed by atoms with Gasteiger partial charge in [-0.25, -0.2) is 0 Å². The van der Waals surface area contributed by atoms with Gasteiger partial charge >= 0.3 is 0 Å². The van der Waals surface area contributed by atoms with Gasteiger partial charge in [0, 0.05) is 12.1 Å². The fourth-order valence-corrected chi connectivity index (χ4v) is 3.91. The zero-order valence-electron chi connectivity index (χ0n) is 12.5. The number of hydrogen-bond acceptors (Lipinski definition) is 2. The van der Waals surface area contributed by atoms with E-state index < -0.39 is 0 Å². The molecule has 0 bridgehead atoms. The molecule has 2 aliphatic carbocycles. The Morgan fingerprint density at radius 2 is 2.05 bits per heavy atom. The van der Waals surface area contributed by atoms with E-state index in [1.807, 2.05) is 0 Å². The quantitative estimate of drug-likeness (QED) is 0.880. The highest BCUT2D eigenvalue weighted by atomic mass is 15.0. The molecule has 0 saturated heterocycles. The summed E-state index contributed by atoms with van der Waals surface area (Å²) in [6.45, 7) is 4.72. The Balaban J connectivity index is 1.88. The van der Waals surface area contributed by atoms with Crippen molar-refractivity contribution in [1.82, 2.24) is 5.32 Å². The first kappa shape index (κ1) is 13.6. The summed E-state index contributed by atoms with van der Waals surface area (Å²) >= 11 is 0. The van der Waals surface area contributed by atoms with Crippen molar-refractivity contribution in [2.45, 2.75) is 58.0 Å². The van der Waals surface area contributed by atoms with Crippen LogP contribution in [-0.2, 0) is 6.42 Å². The highest BCUT2D eigenvalue weighted by Gasteiger charge is 2.39. The molecule has 0 heterocycles. The van der Waals surface area contributed by atoms with Crippen LogP contribution in [0.1, 0.15) is 56.7 Å². The van der Waals surface area contributed by atoms with E-state index in [4.69, 9.17) is 0 Å². The van der Waals surface area contributed by atoms with Gasteiger partial charge in [0.2, 0.25) is 0 Å². The summed E-state index contributed by atoms with van der Waals surface area (Å²) in [5.41, 5.74) is 3.19. The molecular weight excluding hydrogens is 244 g/mol. The monoisotopic (exact) mass is 268 g/mol. The molecule has 1 aromatic carbocycles. The Bertz CT molecular complexity index is 526. The van der Waals surface area contributed by atoms with Crippen LogP contribution < -0.4 is 5.32 Å². The average Bonchev–Trinajstić information content (AvgIpc) is 2.89. The van der Waals surface area contributed by atoms with E-state index in [1.54, 1.807) is 0 Å². The van der Waals surface area contributed by atoms with E-state index in [0.717, 1.165) is 12.8 Å². The van der Waals surface area contributed by atoms with Crippen molar-refractivity contribution >= 4 is 0 Å². The van der Waals surface area contributed by atoms with Crippen molar-refractivity contribution in [3.05, 3.63) is 35.4 Å². The molecule has 2 nitrogen and oxygen atoms in total. The molecule has 106 valence electrons. The molecule has 1 N–H and O–H groups in total. The van der Waals surface area contributed by atoms with Gasteiger partial charge in [0.25, 0.3) is 0 Å². The minimum atomic E-state index is 0.194. The van der Waals surface area contributed by atoms with E-state index in [1.165, 1.54) is 30.4 Å². The van der Waals surface area contributed by atoms with Crippen LogP contribution in [0.5, 0.6) is 0 Å². The lowest BCUT2D eigenvalue weighted by Gasteiger charge is -2.42. The first-order valence-electron chi connectivity index (χ1n) is 7.85. The van der Waals surface area contributed by atoms with E-state index >= 15 is 0 Å². The molecule has 1 saturated carbocycles. The zero-order chi connectivity index (χ0) is 14.2. The lowest BCUT2D eigenvalue weighted by Crippen LogP contribution is -2.44. The Morgan fingerprint density at radius 1 is 1.25 bits per heavy atom. The third-order valence-electron chi connectivity index (χ3n) is 5.25. The zero-order valence-corrected chi connectivity index (χ0v) is 12.5. The van der Waals surface area contributed by atoms with Crippen LogP contribution >= 0.6 is 0 Å². The lowest BCUT2D eigenvalue weighted by atomic mass is 9.70. The van der Waals surface area contributed by atoms with E-state index in [2.05, 4.69) is 49.5 Å². The fourth-order valence-electron chi connectivity index (χ4n) is 3.91. The average molecular weight is 268 g/mol. The standard InChI is InChI=1S/C18H24N2/c1-18(2)11-10-13-6-3-4-8-15(13)17(18)20-16-9-5-7-14(16)12-19/h3-4,6,8,14,16-17,20H,5,7,9-11H2,1-2H3. The van der Waals surface area contributed by atoms with Gasteiger partial charge in [0.15, 0.2) is 0 Å². The van der Waals surface area contributed by atoms with E-state index in [-0.39, 0.29) is 11.3 Å². The van der Waals surface area contributed by atoms with Gasteiger partial charge in [-0.05, 0) is 42.2 Å². The van der Waals surface area contributed by atoms with E-state index in [0.29, 0.717) is 12.1 Å². The van der Waals surface area contributed by atoms with Crippen LogP contribution in [0.2, 0.25) is 0 Å². The maximum absolute atomic E-state index is 9.30. The van der Waals surface area contributed by atoms with Crippen molar-refractivity contribution < 1.29 is 0 Å². The summed E-state index contributed by atoms with van der Waals surface area (Å²) in [4.78, 5) is 0. The lowest BCUT2D eigenvalue weighted by molar-refractivity contribution is 0.188. The number of rotatable bonds is 2. The topological polar surface area (TPSA) is 35.8 Å². The van der Waals surface area contributed by atoms with E-state index in [9.17, 15) is 5.26 Å². The van der Waals surface area contributed by atoms with Gasteiger partial charge in [-0.15, -0.1) is 0 Å². The van der Waals surface area contributed by atoms with Crippen LogP contribution in [0.4, 0.5) is 0 Å². The van der Waals surface area contributed by atoms with Crippen molar-refractivity contribution in [1.29, 1.82) is 5.26 Å². The first-order chi connectivity index (χ1) is 9.62. The molecule has 0 spiro atoms. The van der Waals surface area contributed by atoms with Gasteiger partial charge in [-0.3, -0.25) is 0 Å². The molecule has 3 atom stereocenters. The van der Waals surface area contributed by atoms with Crippen molar-refractivity contribution in [2.75, 3.05) is 0 Å². The Hall–Kier alpha value is -1.33. The molecule has 20 heavy (non-hydrogen) atoms. The third kappa shape index (κ3) is 2.36. The summed E-state index contributed by atoms with van der Waals surface area (Å²) in [6.07, 6.45) is 5.78. The van der Waals surface area contributed by atoms with Gasteiger partial charge in [-0.1, -0.05) is 44.5 Å². The van der Waals surface area contributed by atoms with Crippen LogP contribution in [0.25, 0.3) is 0 Å². The SMILES string of the molecule is CC1(C)CCc2ccccc2C1NC1CCCC1C#N. The second kappa shape index (κ2) is 5.22. The van der Waals surface area contributed by atoms with Gasteiger partial charge in [0.05, 0.1) is 12.0 Å². The van der Waals surface area contributed by atoms with Crippen LogP contribution in [0.15, 0.2) is 24.3 Å². The summed E-state index contributed by atoms with van der Waals surface area (Å²) in [5.74, 6) is 0.194. The number of aryl methyl sites for hydroxylation is 1. The molecule has 0 amide bonds. The molecule has 0 aliphatic heterocycles. The summed E-state index contributed by atoms with van der Waals surface area (Å²) in [5, 5.41) is 13.1. The second-order valence-corrected chi connectivity index (χ2v) is 7.06. The van der Waals surface area contributed by atoms with Crippen molar-refractivity contribution in [3.8, 4) is 6.07 Å². The number of nitrogens with one attached hydrogen (secondary N) is 1. The molecular formula is C18H24N2. The maximum atomic E-state index is 9.30. The summed E-state index contributed by atoms with van der Waals surface area (Å²) in [6, 6.07) is 12.1. The number of benzene rings is 1. The molecule has 1 aromatic rings. The van der Waals surface area contributed by atoms with Crippen molar-refractivity contribution in [3.63, 3.8) is 0 Å². The molecule has 1 fully saturated rings. The van der Waals surface area contributed by atoms with Gasteiger partial charge < -0.3 is 5.32 Å². The van der Waals surface area contributed by atoms with Crippen LogP contribution in [-0.4, -0.2) is 6.04 Å². The molecule has 2 heteroatoms. The smallest absolute Gasteiger partial charge is 0.0672 e. The minimum Gasteiger partial charge on any atom is -0.305 e. The third-order valence-corrected chi connectivity index (χ3v) is 5.25. The molecule has 3 unspecified atom stereocenters. The minimum absolute atomic E-state index is 0.194. The summed E-state index contributed by atoms with van der Waals surface area (Å²) < 4.78 is 0. The predicted octanol–water partition coefficient (Wildman–Crippen LogP) is 3.98. The van der Waals surface area contributed by atoms with Gasteiger partial charge in [0.1, 0.15) is 0 Å². The van der Waals surface area contributed by atoms with Gasteiger partial charge in [-0.2, -0.15) is 5.26 Å². The Labute approximate surface area is 122 Å². The molecule has 0 radical (unpaired) electrons. The number of nitriles is 1. The molecule has 3 rings (SSSR count). The largest absolute Gasteiger partial charge is 0.305 e. The number of nitrogens with zero attached hydrogens (tertiary/aromatic N) is 1. The highest BCUT2D eigenvalue weighted by Crippen LogP contribution is 2.44. The highest BCUT2D eigenvalue weighted by molar-refractivity contribution is 5.34.